The molecule has 5 heteroatoms. The van der Waals surface area contributed by atoms with Crippen LogP contribution in [0, 0.1) is 0 Å². The first-order chi connectivity index (χ1) is 18.6. The fraction of sp³-hybridized carbons (Fsp3) is 0.0909. The molecule has 4 aromatic carbocycles. The molecule has 190 valence electrons. The van der Waals surface area contributed by atoms with Crippen molar-refractivity contribution >= 4 is 23.7 Å². The van der Waals surface area contributed by atoms with Crippen LogP contribution in [0.2, 0.25) is 0 Å². The first kappa shape index (κ1) is 26.3. The van der Waals surface area contributed by atoms with E-state index in [4.69, 9.17) is 9.47 Å². The third-order valence-electron chi connectivity index (χ3n) is 5.62. The highest BCUT2D eigenvalue weighted by Gasteiger charge is 2.08. The van der Waals surface area contributed by atoms with Crippen LogP contribution in [0.15, 0.2) is 121 Å². The number of rotatable bonds is 12. The van der Waals surface area contributed by atoms with E-state index in [-0.39, 0.29) is 24.8 Å². The van der Waals surface area contributed by atoms with Gasteiger partial charge in [-0.1, -0.05) is 84.9 Å². The first-order valence-corrected chi connectivity index (χ1v) is 12.3. The van der Waals surface area contributed by atoms with Gasteiger partial charge in [0.15, 0.2) is 11.6 Å². The quantitative estimate of drug-likeness (QED) is 0.181. The van der Waals surface area contributed by atoms with Crippen LogP contribution in [-0.4, -0.2) is 36.0 Å². The highest BCUT2D eigenvalue weighted by Crippen LogP contribution is 2.16. The van der Waals surface area contributed by atoms with E-state index in [9.17, 15) is 14.7 Å². The molecular weight excluding hydrogens is 476 g/mol. The molecule has 0 radical (unpaired) electrons. The summed E-state index contributed by atoms with van der Waals surface area (Å²) in [5.74, 6) is 0.990. The Balaban J connectivity index is 1.19. The van der Waals surface area contributed by atoms with Crippen LogP contribution in [0.1, 0.15) is 31.8 Å². The van der Waals surface area contributed by atoms with Crippen molar-refractivity contribution in [1.82, 2.24) is 0 Å². The van der Waals surface area contributed by atoms with Gasteiger partial charge in [-0.15, -0.1) is 0 Å². The van der Waals surface area contributed by atoms with Crippen molar-refractivity contribution in [2.24, 2.45) is 0 Å². The minimum atomic E-state index is -0.840. The Morgan fingerprint density at radius 3 is 1.53 bits per heavy atom. The molecule has 0 aliphatic rings. The number of ketones is 2. The fourth-order valence-corrected chi connectivity index (χ4v) is 3.53. The Bertz CT molecular complexity index is 1370. The predicted molar refractivity (Wildman–Crippen MR) is 149 cm³/mol. The van der Waals surface area contributed by atoms with Crippen molar-refractivity contribution < 1.29 is 24.2 Å². The molecule has 0 spiro atoms. The number of carbonyl (C=O) groups is 2. The van der Waals surface area contributed by atoms with Gasteiger partial charge in [0.2, 0.25) is 0 Å². The molecule has 0 bridgehead atoms. The summed E-state index contributed by atoms with van der Waals surface area (Å²) in [6.45, 7) is 0.103. The van der Waals surface area contributed by atoms with Gasteiger partial charge in [0, 0.05) is 11.1 Å². The average Bonchev–Trinajstić information content (AvgIpc) is 2.98. The van der Waals surface area contributed by atoms with Crippen LogP contribution in [0.5, 0.6) is 11.5 Å². The Morgan fingerprint density at radius 2 is 1.00 bits per heavy atom. The molecule has 0 amide bonds. The second-order valence-electron chi connectivity index (χ2n) is 8.54. The largest absolute Gasteiger partial charge is 0.491 e. The summed E-state index contributed by atoms with van der Waals surface area (Å²) in [7, 11) is 0. The van der Waals surface area contributed by atoms with E-state index < -0.39 is 6.10 Å². The van der Waals surface area contributed by atoms with Crippen molar-refractivity contribution in [3.63, 3.8) is 0 Å². The topological polar surface area (TPSA) is 72.8 Å². The molecule has 38 heavy (non-hydrogen) atoms. The highest BCUT2D eigenvalue weighted by atomic mass is 16.5. The van der Waals surface area contributed by atoms with Crippen molar-refractivity contribution in [3.8, 4) is 11.5 Å². The standard InChI is InChI=1S/C33H28O5/c34-29(23-37-30-17-11-26(12-18-30)14-22-32(35)27-9-5-2-6-10-27)24-38-31-19-15-28(16-20-31)33(36)21-13-25-7-3-1-4-8-25/h1-22,29,34H,23-24H2/b21-13-,22-14-. The molecule has 0 aliphatic heterocycles. The zero-order valence-electron chi connectivity index (χ0n) is 20.8. The van der Waals surface area contributed by atoms with Crippen LogP contribution < -0.4 is 9.47 Å². The Kier molecular flexibility index (Phi) is 9.38. The SMILES string of the molecule is O=C(/C=C\c1ccc(OCC(O)COc2ccc(C(=O)/C=C\c3ccccc3)cc2)cc1)c1ccccc1. The molecule has 0 heterocycles. The fourth-order valence-electron chi connectivity index (χ4n) is 3.53. The Hall–Kier alpha value is -4.74. The third-order valence-corrected chi connectivity index (χ3v) is 5.62. The van der Waals surface area contributed by atoms with E-state index in [1.807, 2.05) is 60.7 Å². The summed E-state index contributed by atoms with van der Waals surface area (Å²) < 4.78 is 11.3. The molecule has 1 unspecified atom stereocenters. The third kappa shape index (κ3) is 8.15. The van der Waals surface area contributed by atoms with Gasteiger partial charge in [0.05, 0.1) is 0 Å². The molecule has 1 N–H and O–H groups in total. The van der Waals surface area contributed by atoms with Crippen LogP contribution in [0.25, 0.3) is 12.2 Å². The van der Waals surface area contributed by atoms with Gasteiger partial charge in [0.1, 0.15) is 30.8 Å². The number of allylic oxidation sites excluding steroid dienone is 2. The van der Waals surface area contributed by atoms with Crippen LogP contribution in [-0.2, 0) is 0 Å². The molecule has 0 fully saturated rings. The van der Waals surface area contributed by atoms with Gasteiger partial charge in [-0.3, -0.25) is 9.59 Å². The van der Waals surface area contributed by atoms with Crippen LogP contribution in [0.4, 0.5) is 0 Å². The maximum absolute atomic E-state index is 12.4. The van der Waals surface area contributed by atoms with E-state index in [1.54, 1.807) is 66.8 Å². The molecule has 4 aromatic rings. The van der Waals surface area contributed by atoms with E-state index in [0.29, 0.717) is 22.6 Å². The predicted octanol–water partition coefficient (Wildman–Crippen LogP) is 6.30. The lowest BCUT2D eigenvalue weighted by Gasteiger charge is -2.14. The monoisotopic (exact) mass is 504 g/mol. The van der Waals surface area contributed by atoms with E-state index >= 15 is 0 Å². The minimum absolute atomic E-state index is 0.0453. The molecular formula is C33H28O5. The second kappa shape index (κ2) is 13.5. The first-order valence-electron chi connectivity index (χ1n) is 12.3. The zero-order valence-corrected chi connectivity index (χ0v) is 20.8. The van der Waals surface area contributed by atoms with Gasteiger partial charge < -0.3 is 14.6 Å². The second-order valence-corrected chi connectivity index (χ2v) is 8.54. The number of hydrogen-bond donors (Lipinski definition) is 1. The Labute approximate surface area is 222 Å². The summed E-state index contributed by atoms with van der Waals surface area (Å²) in [6.07, 6.45) is 5.77. The summed E-state index contributed by atoms with van der Waals surface area (Å²) >= 11 is 0. The van der Waals surface area contributed by atoms with Crippen molar-refractivity contribution in [1.29, 1.82) is 0 Å². The normalized spacial score (nSPS) is 11.9. The van der Waals surface area contributed by atoms with Crippen LogP contribution >= 0.6 is 0 Å². The highest BCUT2D eigenvalue weighted by molar-refractivity contribution is 6.07. The summed E-state index contributed by atoms with van der Waals surface area (Å²) in [5, 5.41) is 10.2. The molecule has 0 aromatic heterocycles. The maximum atomic E-state index is 12.4. The van der Waals surface area contributed by atoms with Gasteiger partial charge in [-0.25, -0.2) is 0 Å². The van der Waals surface area contributed by atoms with Crippen LogP contribution in [0.3, 0.4) is 0 Å². The minimum Gasteiger partial charge on any atom is -0.491 e. The average molecular weight is 505 g/mol. The maximum Gasteiger partial charge on any atom is 0.185 e. The lowest BCUT2D eigenvalue weighted by molar-refractivity contribution is 0.0626. The van der Waals surface area contributed by atoms with Gasteiger partial charge in [0.25, 0.3) is 0 Å². The van der Waals surface area contributed by atoms with Crippen molar-refractivity contribution in [3.05, 3.63) is 144 Å². The number of aliphatic hydroxyl groups is 1. The molecule has 5 nitrogen and oxygen atoms in total. The zero-order chi connectivity index (χ0) is 26.6. The molecule has 0 saturated heterocycles. The number of hydrogen-bond acceptors (Lipinski definition) is 5. The molecule has 0 saturated carbocycles. The van der Waals surface area contributed by atoms with Gasteiger partial charge in [-0.2, -0.15) is 0 Å². The lowest BCUT2D eigenvalue weighted by Crippen LogP contribution is -2.25. The summed E-state index contributed by atoms with van der Waals surface area (Å²) in [5.41, 5.74) is 3.01. The van der Waals surface area contributed by atoms with Gasteiger partial charge in [-0.05, 0) is 59.7 Å². The number of carbonyl (C=O) groups excluding carboxylic acids is 2. The van der Waals surface area contributed by atoms with E-state index in [1.165, 1.54) is 6.08 Å². The summed E-state index contributed by atoms with van der Waals surface area (Å²) in [6, 6.07) is 32.7. The molecule has 4 rings (SSSR count). The summed E-state index contributed by atoms with van der Waals surface area (Å²) in [4.78, 5) is 24.5. The van der Waals surface area contributed by atoms with E-state index in [2.05, 4.69) is 0 Å². The number of ether oxygens (including phenoxy) is 2. The number of aliphatic hydroxyl groups excluding tert-OH is 1. The molecule has 0 aliphatic carbocycles. The van der Waals surface area contributed by atoms with Crippen molar-refractivity contribution in [2.75, 3.05) is 13.2 Å². The Morgan fingerprint density at radius 1 is 0.579 bits per heavy atom. The smallest absolute Gasteiger partial charge is 0.185 e. The lowest BCUT2D eigenvalue weighted by atomic mass is 10.1. The molecule has 1 atom stereocenters. The van der Waals surface area contributed by atoms with Crippen molar-refractivity contribution in [2.45, 2.75) is 6.10 Å². The van der Waals surface area contributed by atoms with Gasteiger partial charge >= 0.3 is 0 Å². The number of benzene rings is 4. The van der Waals surface area contributed by atoms with E-state index in [0.717, 1.165) is 11.1 Å².